The van der Waals surface area contributed by atoms with Gasteiger partial charge < -0.3 is 4.74 Å². The summed E-state index contributed by atoms with van der Waals surface area (Å²) >= 11 is 3.69. The maximum Gasteiger partial charge on any atom is 0.131 e. The monoisotopic (exact) mass is 336 g/mol. The van der Waals surface area contributed by atoms with E-state index in [1.807, 2.05) is 11.8 Å². The van der Waals surface area contributed by atoms with Crippen LogP contribution in [0.3, 0.4) is 0 Å². The fourth-order valence-electron chi connectivity index (χ4n) is 2.73. The van der Waals surface area contributed by atoms with Crippen LogP contribution in [0.25, 0.3) is 10.2 Å². The highest BCUT2D eigenvalue weighted by Gasteiger charge is 2.30. The second-order valence-electron chi connectivity index (χ2n) is 6.41. The molecule has 3 heterocycles. The molecule has 0 saturated carbocycles. The normalized spacial score (nSPS) is 16.9. The number of rotatable bonds is 5. The van der Waals surface area contributed by atoms with Gasteiger partial charge in [-0.25, -0.2) is 9.97 Å². The number of aryl methyl sites for hydroxylation is 1. The fourth-order valence-corrected chi connectivity index (χ4v) is 5.08. The summed E-state index contributed by atoms with van der Waals surface area (Å²) in [5.41, 5.74) is 1.34. The minimum absolute atomic E-state index is 0.0875. The first-order chi connectivity index (χ1) is 10.5. The van der Waals surface area contributed by atoms with Crippen molar-refractivity contribution in [1.82, 2.24) is 9.97 Å². The molecule has 120 valence electrons. The van der Waals surface area contributed by atoms with Gasteiger partial charge in [0.25, 0.3) is 0 Å². The van der Waals surface area contributed by atoms with Crippen LogP contribution in [0.1, 0.15) is 56.8 Å². The number of thiophene rings is 1. The fraction of sp³-hybridized carbons (Fsp3) is 0.647. The van der Waals surface area contributed by atoms with Crippen LogP contribution < -0.4 is 0 Å². The molecule has 0 bridgehead atoms. The molecule has 2 aromatic heterocycles. The first-order valence-corrected chi connectivity index (χ1v) is 9.92. The van der Waals surface area contributed by atoms with E-state index in [0.717, 1.165) is 29.2 Å². The number of aromatic nitrogens is 2. The molecular weight excluding hydrogens is 312 g/mol. The van der Waals surface area contributed by atoms with Crippen molar-refractivity contribution < 1.29 is 4.74 Å². The Hall–Kier alpha value is -0.650. The lowest BCUT2D eigenvalue weighted by Gasteiger charge is -2.30. The van der Waals surface area contributed by atoms with Gasteiger partial charge in [-0.05, 0) is 31.6 Å². The van der Waals surface area contributed by atoms with Gasteiger partial charge in [0.15, 0.2) is 0 Å². The van der Waals surface area contributed by atoms with Gasteiger partial charge in [-0.3, -0.25) is 0 Å². The number of hydrogen-bond donors (Lipinski definition) is 0. The van der Waals surface area contributed by atoms with Crippen molar-refractivity contribution in [2.45, 2.75) is 70.6 Å². The average Bonchev–Trinajstić information content (AvgIpc) is 2.83. The van der Waals surface area contributed by atoms with Gasteiger partial charge >= 0.3 is 0 Å². The summed E-state index contributed by atoms with van der Waals surface area (Å²) in [7, 11) is 0. The van der Waals surface area contributed by atoms with E-state index in [0.29, 0.717) is 6.61 Å². The SMILES string of the molecule is CCCCSc1nc(CC)nc2sc3c(c12)CC(C)(C)OC3. The number of unbranched alkanes of at least 4 members (excludes halogenated alkanes) is 1. The van der Waals surface area contributed by atoms with Crippen LogP contribution in [0.15, 0.2) is 5.03 Å². The molecule has 1 aliphatic rings. The van der Waals surface area contributed by atoms with Crippen molar-refractivity contribution in [2.24, 2.45) is 0 Å². The highest BCUT2D eigenvalue weighted by molar-refractivity contribution is 7.99. The summed E-state index contributed by atoms with van der Waals surface area (Å²) in [5.74, 6) is 2.10. The summed E-state index contributed by atoms with van der Waals surface area (Å²) in [4.78, 5) is 12.1. The van der Waals surface area contributed by atoms with Gasteiger partial charge in [0.05, 0.1) is 12.2 Å². The Morgan fingerprint density at radius 2 is 2.09 bits per heavy atom. The van der Waals surface area contributed by atoms with Crippen molar-refractivity contribution in [1.29, 1.82) is 0 Å². The Morgan fingerprint density at radius 1 is 1.27 bits per heavy atom. The Labute approximate surface area is 140 Å². The zero-order valence-electron chi connectivity index (χ0n) is 13.9. The van der Waals surface area contributed by atoms with Gasteiger partial charge in [0.2, 0.25) is 0 Å². The van der Waals surface area contributed by atoms with Crippen LogP contribution in [0.2, 0.25) is 0 Å². The van der Waals surface area contributed by atoms with Crippen LogP contribution in [0.5, 0.6) is 0 Å². The number of fused-ring (bicyclic) bond motifs is 3. The van der Waals surface area contributed by atoms with E-state index >= 15 is 0 Å². The largest absolute Gasteiger partial charge is 0.370 e. The summed E-state index contributed by atoms with van der Waals surface area (Å²) in [6.45, 7) is 9.42. The van der Waals surface area contributed by atoms with Crippen molar-refractivity contribution in [3.63, 3.8) is 0 Å². The molecule has 0 aliphatic carbocycles. The van der Waals surface area contributed by atoms with Crippen LogP contribution in [-0.4, -0.2) is 21.3 Å². The van der Waals surface area contributed by atoms with Gasteiger partial charge in [-0.2, -0.15) is 0 Å². The highest BCUT2D eigenvalue weighted by Crippen LogP contribution is 2.41. The number of ether oxygens (including phenoxy) is 1. The van der Waals surface area contributed by atoms with Gasteiger partial charge in [-0.15, -0.1) is 23.1 Å². The molecule has 1 aliphatic heterocycles. The lowest BCUT2D eigenvalue weighted by molar-refractivity contribution is -0.0379. The molecule has 0 aromatic carbocycles. The van der Waals surface area contributed by atoms with Crippen LogP contribution >= 0.6 is 23.1 Å². The molecule has 0 atom stereocenters. The number of thioether (sulfide) groups is 1. The second kappa shape index (κ2) is 6.46. The lowest BCUT2D eigenvalue weighted by atomic mass is 9.95. The van der Waals surface area contributed by atoms with E-state index < -0.39 is 0 Å². The molecule has 0 saturated heterocycles. The smallest absolute Gasteiger partial charge is 0.131 e. The predicted molar refractivity (Wildman–Crippen MR) is 95.0 cm³/mol. The molecule has 0 spiro atoms. The number of nitrogens with zero attached hydrogens (tertiary/aromatic N) is 2. The van der Waals surface area contributed by atoms with E-state index in [9.17, 15) is 0 Å². The highest BCUT2D eigenvalue weighted by atomic mass is 32.2. The Balaban J connectivity index is 2.08. The molecule has 0 radical (unpaired) electrons. The van der Waals surface area contributed by atoms with E-state index in [1.54, 1.807) is 11.3 Å². The third-order valence-corrected chi connectivity index (χ3v) is 6.16. The Morgan fingerprint density at radius 3 is 2.82 bits per heavy atom. The summed E-state index contributed by atoms with van der Waals surface area (Å²) in [6.07, 6.45) is 4.31. The van der Waals surface area contributed by atoms with Gasteiger partial charge in [-0.1, -0.05) is 20.3 Å². The van der Waals surface area contributed by atoms with Gasteiger partial charge in [0.1, 0.15) is 15.7 Å². The van der Waals surface area contributed by atoms with Crippen LogP contribution in [-0.2, 0) is 24.2 Å². The van der Waals surface area contributed by atoms with E-state index in [-0.39, 0.29) is 5.60 Å². The van der Waals surface area contributed by atoms with Crippen molar-refractivity contribution in [3.05, 3.63) is 16.3 Å². The molecule has 0 unspecified atom stereocenters. The molecule has 22 heavy (non-hydrogen) atoms. The van der Waals surface area contributed by atoms with Gasteiger partial charge in [0, 0.05) is 23.1 Å². The number of hydrogen-bond acceptors (Lipinski definition) is 5. The lowest BCUT2D eigenvalue weighted by Crippen LogP contribution is -2.31. The van der Waals surface area contributed by atoms with Crippen LogP contribution in [0.4, 0.5) is 0 Å². The minimum Gasteiger partial charge on any atom is -0.370 e. The minimum atomic E-state index is -0.0875. The molecule has 2 aromatic rings. The first kappa shape index (κ1) is 16.2. The summed E-state index contributed by atoms with van der Waals surface area (Å²) in [6, 6.07) is 0. The average molecular weight is 337 g/mol. The zero-order chi connectivity index (χ0) is 15.7. The van der Waals surface area contributed by atoms with E-state index in [2.05, 4.69) is 27.7 Å². The zero-order valence-corrected chi connectivity index (χ0v) is 15.5. The standard InChI is InChI=1S/C17H24N2OS2/c1-5-7-8-21-15-14-11-9-17(3,4)20-10-12(11)22-16(14)19-13(6-2)18-15/h5-10H2,1-4H3. The molecular formula is C17H24N2OS2. The van der Waals surface area contributed by atoms with E-state index in [4.69, 9.17) is 14.7 Å². The maximum absolute atomic E-state index is 5.97. The van der Waals surface area contributed by atoms with E-state index in [1.165, 1.54) is 33.7 Å². The van der Waals surface area contributed by atoms with Crippen molar-refractivity contribution >= 4 is 33.3 Å². The molecule has 0 amide bonds. The Bertz CT molecular complexity index is 679. The third kappa shape index (κ3) is 3.17. The summed E-state index contributed by atoms with van der Waals surface area (Å²) in [5, 5.41) is 2.49. The third-order valence-electron chi connectivity index (χ3n) is 4.00. The first-order valence-electron chi connectivity index (χ1n) is 8.12. The Kier molecular flexibility index (Phi) is 4.76. The van der Waals surface area contributed by atoms with Crippen molar-refractivity contribution in [2.75, 3.05) is 5.75 Å². The molecule has 0 fully saturated rings. The summed E-state index contributed by atoms with van der Waals surface area (Å²) < 4.78 is 5.97. The maximum atomic E-state index is 5.97. The molecule has 3 rings (SSSR count). The van der Waals surface area contributed by atoms with Crippen molar-refractivity contribution in [3.8, 4) is 0 Å². The topological polar surface area (TPSA) is 35.0 Å². The quantitative estimate of drug-likeness (QED) is 0.437. The molecule has 5 heteroatoms. The van der Waals surface area contributed by atoms with Crippen LogP contribution in [0, 0.1) is 0 Å². The second-order valence-corrected chi connectivity index (χ2v) is 8.58. The predicted octanol–water partition coefficient (Wildman–Crippen LogP) is 5.00. The molecule has 0 N–H and O–H groups in total. The molecule has 3 nitrogen and oxygen atoms in total.